The molecular weight excluding hydrogens is 434 g/mol. The van der Waals surface area contributed by atoms with Gasteiger partial charge in [-0.3, -0.25) is 24.3 Å². The molecule has 4 rings (SSSR count). The standard InChI is InChI=1S/C21H21N5O3S2/c1-4-25(5-2)15(27)10-26-11-22-19-16(20(26)29)12(3)17(31-19)18(28)24-21-23-13-8-6-7-9-14(13)30-21/h6-9,11H,4-5,10H2,1-3H3,(H,23,24,28). The summed E-state index contributed by atoms with van der Waals surface area (Å²) < 4.78 is 2.28. The molecule has 0 saturated heterocycles. The van der Waals surface area contributed by atoms with Crippen LogP contribution >= 0.6 is 22.7 Å². The van der Waals surface area contributed by atoms with Gasteiger partial charge in [0.25, 0.3) is 11.5 Å². The first-order valence-corrected chi connectivity index (χ1v) is 11.5. The quantitative estimate of drug-likeness (QED) is 0.480. The molecule has 0 unspecified atom stereocenters. The summed E-state index contributed by atoms with van der Waals surface area (Å²) in [7, 11) is 0. The third kappa shape index (κ3) is 3.96. The molecule has 3 heterocycles. The number of hydrogen-bond donors (Lipinski definition) is 1. The molecule has 1 N–H and O–H groups in total. The predicted octanol–water partition coefficient (Wildman–Crippen LogP) is 3.50. The number of benzene rings is 1. The van der Waals surface area contributed by atoms with Crippen molar-refractivity contribution in [1.29, 1.82) is 0 Å². The molecule has 1 aromatic carbocycles. The Morgan fingerprint density at radius 1 is 1.16 bits per heavy atom. The second-order valence-electron chi connectivity index (χ2n) is 6.92. The van der Waals surface area contributed by atoms with Crippen LogP contribution in [0.5, 0.6) is 0 Å². The van der Waals surface area contributed by atoms with Crippen molar-refractivity contribution in [2.24, 2.45) is 0 Å². The first kappa shape index (κ1) is 21.1. The first-order chi connectivity index (χ1) is 14.9. The van der Waals surface area contributed by atoms with E-state index in [1.807, 2.05) is 38.1 Å². The molecule has 3 aromatic heterocycles. The van der Waals surface area contributed by atoms with E-state index >= 15 is 0 Å². The van der Waals surface area contributed by atoms with E-state index in [0.717, 1.165) is 21.6 Å². The number of para-hydroxylation sites is 1. The fourth-order valence-corrected chi connectivity index (χ4v) is 5.29. The van der Waals surface area contributed by atoms with Crippen molar-refractivity contribution >= 4 is 60.1 Å². The van der Waals surface area contributed by atoms with Gasteiger partial charge in [0.1, 0.15) is 11.4 Å². The van der Waals surface area contributed by atoms with E-state index in [-0.39, 0.29) is 23.9 Å². The van der Waals surface area contributed by atoms with Crippen molar-refractivity contribution in [2.75, 3.05) is 18.4 Å². The lowest BCUT2D eigenvalue weighted by Crippen LogP contribution is -2.36. The van der Waals surface area contributed by atoms with Gasteiger partial charge in [0, 0.05) is 13.1 Å². The highest BCUT2D eigenvalue weighted by Gasteiger charge is 2.21. The molecule has 0 spiro atoms. The average Bonchev–Trinajstić information content (AvgIpc) is 3.31. The van der Waals surface area contributed by atoms with Crippen LogP contribution in [-0.2, 0) is 11.3 Å². The summed E-state index contributed by atoms with van der Waals surface area (Å²) in [6, 6.07) is 7.65. The normalized spacial score (nSPS) is 11.2. The monoisotopic (exact) mass is 455 g/mol. The van der Waals surface area contributed by atoms with E-state index < -0.39 is 0 Å². The van der Waals surface area contributed by atoms with Crippen molar-refractivity contribution in [1.82, 2.24) is 19.4 Å². The molecule has 2 amide bonds. The summed E-state index contributed by atoms with van der Waals surface area (Å²) in [5.41, 5.74) is 1.05. The van der Waals surface area contributed by atoms with Crippen LogP contribution in [-0.4, -0.2) is 44.3 Å². The molecule has 0 atom stereocenters. The van der Waals surface area contributed by atoms with Crippen LogP contribution in [0.4, 0.5) is 5.13 Å². The summed E-state index contributed by atoms with van der Waals surface area (Å²) >= 11 is 2.55. The Balaban J connectivity index is 1.64. The van der Waals surface area contributed by atoms with Gasteiger partial charge < -0.3 is 4.90 Å². The minimum atomic E-state index is -0.329. The fraction of sp³-hybridized carbons (Fsp3) is 0.286. The number of likely N-dealkylation sites (N-methyl/N-ethyl adjacent to an activating group) is 1. The first-order valence-electron chi connectivity index (χ1n) is 9.86. The van der Waals surface area contributed by atoms with Crippen molar-refractivity contribution < 1.29 is 9.59 Å². The van der Waals surface area contributed by atoms with E-state index in [4.69, 9.17) is 0 Å². The molecule has 0 aliphatic heterocycles. The van der Waals surface area contributed by atoms with Crippen LogP contribution in [0.1, 0.15) is 29.1 Å². The Kier molecular flexibility index (Phi) is 5.84. The maximum atomic E-state index is 13.0. The van der Waals surface area contributed by atoms with Gasteiger partial charge >= 0.3 is 0 Å². The molecule has 0 saturated carbocycles. The smallest absolute Gasteiger partial charge is 0.267 e. The van der Waals surface area contributed by atoms with E-state index in [1.54, 1.807) is 11.8 Å². The topological polar surface area (TPSA) is 97.2 Å². The van der Waals surface area contributed by atoms with Crippen molar-refractivity contribution in [3.63, 3.8) is 0 Å². The Morgan fingerprint density at radius 2 is 1.90 bits per heavy atom. The number of aryl methyl sites for hydroxylation is 1. The molecule has 10 heteroatoms. The number of carbonyl (C=O) groups is 2. The van der Waals surface area contributed by atoms with Crippen molar-refractivity contribution in [3.05, 3.63) is 51.4 Å². The molecular formula is C21H21N5O3S2. The Labute approximate surface area is 186 Å². The molecule has 160 valence electrons. The largest absolute Gasteiger partial charge is 0.342 e. The Bertz CT molecular complexity index is 1320. The van der Waals surface area contributed by atoms with Gasteiger partial charge in [-0.25, -0.2) is 9.97 Å². The zero-order chi connectivity index (χ0) is 22.1. The van der Waals surface area contributed by atoms with Gasteiger partial charge in [0.05, 0.1) is 26.8 Å². The fourth-order valence-electron chi connectivity index (χ4n) is 3.39. The van der Waals surface area contributed by atoms with E-state index in [9.17, 15) is 14.4 Å². The molecule has 4 aromatic rings. The zero-order valence-electron chi connectivity index (χ0n) is 17.3. The molecule has 0 aliphatic rings. The number of thiophene rings is 1. The highest BCUT2D eigenvalue weighted by atomic mass is 32.1. The molecule has 0 radical (unpaired) electrons. The van der Waals surface area contributed by atoms with E-state index in [2.05, 4.69) is 15.3 Å². The summed E-state index contributed by atoms with van der Waals surface area (Å²) in [6.45, 7) is 6.59. The molecule has 31 heavy (non-hydrogen) atoms. The number of amides is 2. The minimum absolute atomic E-state index is 0.0774. The van der Waals surface area contributed by atoms with Gasteiger partial charge in [-0.15, -0.1) is 11.3 Å². The summed E-state index contributed by atoms with van der Waals surface area (Å²) in [5, 5.41) is 3.70. The van der Waals surface area contributed by atoms with E-state index in [0.29, 0.717) is 38.9 Å². The SMILES string of the molecule is CCN(CC)C(=O)Cn1cnc2sc(C(=O)Nc3nc4ccccc4s3)c(C)c2c1=O. The number of anilines is 1. The number of aromatic nitrogens is 3. The lowest BCUT2D eigenvalue weighted by molar-refractivity contribution is -0.131. The third-order valence-electron chi connectivity index (χ3n) is 5.06. The minimum Gasteiger partial charge on any atom is -0.342 e. The van der Waals surface area contributed by atoms with Crippen LogP contribution in [0.25, 0.3) is 20.4 Å². The molecule has 0 aliphatic carbocycles. The second-order valence-corrected chi connectivity index (χ2v) is 8.95. The van der Waals surface area contributed by atoms with Crippen LogP contribution in [0.3, 0.4) is 0 Å². The summed E-state index contributed by atoms with van der Waals surface area (Å²) in [6.07, 6.45) is 1.37. The number of hydrogen-bond acceptors (Lipinski definition) is 7. The molecule has 0 fully saturated rings. The van der Waals surface area contributed by atoms with Crippen molar-refractivity contribution in [3.8, 4) is 0 Å². The number of carbonyl (C=O) groups excluding carboxylic acids is 2. The lowest BCUT2D eigenvalue weighted by Gasteiger charge is -2.18. The van der Waals surface area contributed by atoms with Crippen LogP contribution < -0.4 is 10.9 Å². The number of rotatable bonds is 6. The average molecular weight is 456 g/mol. The highest BCUT2D eigenvalue weighted by molar-refractivity contribution is 7.23. The van der Waals surface area contributed by atoms with Crippen molar-refractivity contribution in [2.45, 2.75) is 27.3 Å². The van der Waals surface area contributed by atoms with Gasteiger partial charge in [-0.05, 0) is 38.5 Å². The van der Waals surface area contributed by atoms with Crippen LogP contribution in [0.2, 0.25) is 0 Å². The second kappa shape index (κ2) is 8.56. The predicted molar refractivity (Wildman–Crippen MR) is 124 cm³/mol. The Hall–Kier alpha value is -3.11. The van der Waals surface area contributed by atoms with Crippen LogP contribution in [0.15, 0.2) is 35.4 Å². The van der Waals surface area contributed by atoms with E-state index in [1.165, 1.54) is 22.2 Å². The lowest BCUT2D eigenvalue weighted by atomic mass is 10.2. The zero-order valence-corrected chi connectivity index (χ0v) is 19.0. The maximum Gasteiger partial charge on any atom is 0.267 e. The van der Waals surface area contributed by atoms with Gasteiger partial charge in [-0.1, -0.05) is 23.5 Å². The highest BCUT2D eigenvalue weighted by Crippen LogP contribution is 2.30. The van der Waals surface area contributed by atoms with Crippen LogP contribution in [0, 0.1) is 6.92 Å². The van der Waals surface area contributed by atoms with Gasteiger partial charge in [-0.2, -0.15) is 0 Å². The number of thiazole rings is 1. The molecule has 8 nitrogen and oxygen atoms in total. The Morgan fingerprint density at radius 3 is 2.61 bits per heavy atom. The molecule has 0 bridgehead atoms. The number of fused-ring (bicyclic) bond motifs is 2. The van der Waals surface area contributed by atoms with Gasteiger partial charge in [0.15, 0.2) is 5.13 Å². The summed E-state index contributed by atoms with van der Waals surface area (Å²) in [4.78, 5) is 49.6. The van der Waals surface area contributed by atoms with Gasteiger partial charge in [0.2, 0.25) is 5.91 Å². The third-order valence-corrected chi connectivity index (χ3v) is 7.21. The number of nitrogens with zero attached hydrogens (tertiary/aromatic N) is 4. The summed E-state index contributed by atoms with van der Waals surface area (Å²) in [5.74, 6) is -0.473. The number of nitrogens with one attached hydrogen (secondary N) is 1. The maximum absolute atomic E-state index is 13.0.